The average molecular weight is 455 g/mol. The zero-order valence-corrected chi connectivity index (χ0v) is 18.4. The average Bonchev–Trinajstić information content (AvgIpc) is 3.22. The third-order valence-corrected chi connectivity index (χ3v) is 5.36. The quantitative estimate of drug-likeness (QED) is 0.362. The summed E-state index contributed by atoms with van der Waals surface area (Å²) in [7, 11) is 0. The Morgan fingerprint density at radius 2 is 1.61 bits per heavy atom. The SMILES string of the molecule is CC(C)(Oc1ccc(Cl)cc1)c1onc(-c2ccc(Cl)cc2)c1C(O)c1cccnc1. The van der Waals surface area contributed by atoms with Crippen molar-refractivity contribution in [1.82, 2.24) is 10.1 Å². The van der Waals surface area contributed by atoms with Crippen LogP contribution in [0.1, 0.15) is 36.8 Å². The number of aromatic nitrogens is 2. The lowest BCUT2D eigenvalue weighted by molar-refractivity contribution is 0.0702. The number of hydrogen-bond donors (Lipinski definition) is 1. The molecule has 0 saturated heterocycles. The Morgan fingerprint density at radius 1 is 0.968 bits per heavy atom. The van der Waals surface area contributed by atoms with Gasteiger partial charge in [0.05, 0.1) is 5.56 Å². The van der Waals surface area contributed by atoms with Crippen LogP contribution >= 0.6 is 23.2 Å². The van der Waals surface area contributed by atoms with E-state index in [1.165, 1.54) is 0 Å². The fourth-order valence-electron chi connectivity index (χ4n) is 3.35. The molecule has 4 aromatic rings. The van der Waals surface area contributed by atoms with E-state index in [1.54, 1.807) is 60.9 Å². The number of aliphatic hydroxyl groups excluding tert-OH is 1. The van der Waals surface area contributed by atoms with Crippen LogP contribution in [0.3, 0.4) is 0 Å². The summed E-state index contributed by atoms with van der Waals surface area (Å²) in [6.45, 7) is 3.71. The molecule has 0 radical (unpaired) electrons. The number of halogens is 2. The molecule has 158 valence electrons. The summed E-state index contributed by atoms with van der Waals surface area (Å²) < 4.78 is 12.0. The van der Waals surface area contributed by atoms with Crippen molar-refractivity contribution in [2.75, 3.05) is 0 Å². The van der Waals surface area contributed by atoms with E-state index >= 15 is 0 Å². The molecular weight excluding hydrogens is 435 g/mol. The van der Waals surface area contributed by atoms with Crippen LogP contribution in [0.5, 0.6) is 5.75 Å². The van der Waals surface area contributed by atoms with Gasteiger partial charge in [-0.1, -0.05) is 46.6 Å². The zero-order chi connectivity index (χ0) is 22.0. The molecule has 0 saturated carbocycles. The van der Waals surface area contributed by atoms with Crippen LogP contribution in [-0.2, 0) is 5.60 Å². The standard InChI is InChI=1S/C24H20Cl2N2O3/c1-24(2,30-19-11-9-18(26)10-12-19)23-20(22(29)16-4-3-13-27-14-16)21(28-31-23)15-5-7-17(25)8-6-15/h3-14,22,29H,1-2H3. The highest BCUT2D eigenvalue weighted by molar-refractivity contribution is 6.30. The largest absolute Gasteiger partial charge is 0.480 e. The van der Waals surface area contributed by atoms with E-state index in [2.05, 4.69) is 10.1 Å². The van der Waals surface area contributed by atoms with Crippen molar-refractivity contribution in [3.05, 3.63) is 100.0 Å². The van der Waals surface area contributed by atoms with Gasteiger partial charge in [-0.2, -0.15) is 0 Å². The summed E-state index contributed by atoms with van der Waals surface area (Å²) in [6.07, 6.45) is 2.24. The van der Waals surface area contributed by atoms with E-state index in [4.69, 9.17) is 32.5 Å². The molecule has 1 N–H and O–H groups in total. The highest BCUT2D eigenvalue weighted by atomic mass is 35.5. The van der Waals surface area contributed by atoms with Crippen LogP contribution in [0.2, 0.25) is 10.0 Å². The first-order valence-corrected chi connectivity index (χ1v) is 10.4. The van der Waals surface area contributed by atoms with Crippen molar-refractivity contribution in [3.8, 4) is 17.0 Å². The molecule has 2 aromatic carbocycles. The van der Waals surface area contributed by atoms with E-state index in [1.807, 2.05) is 26.0 Å². The maximum atomic E-state index is 11.3. The van der Waals surface area contributed by atoms with Gasteiger partial charge in [-0.3, -0.25) is 4.98 Å². The number of pyridine rings is 1. The van der Waals surface area contributed by atoms with Gasteiger partial charge >= 0.3 is 0 Å². The minimum atomic E-state index is -1.02. The Bertz CT molecular complexity index is 1160. The molecule has 1 unspecified atom stereocenters. The van der Waals surface area contributed by atoms with Gasteiger partial charge in [0, 0.05) is 33.6 Å². The lowest BCUT2D eigenvalue weighted by Crippen LogP contribution is -2.27. The van der Waals surface area contributed by atoms with Gasteiger partial charge in [-0.25, -0.2) is 0 Å². The number of rotatable bonds is 6. The van der Waals surface area contributed by atoms with Crippen molar-refractivity contribution >= 4 is 23.2 Å². The second kappa shape index (κ2) is 8.71. The van der Waals surface area contributed by atoms with E-state index in [9.17, 15) is 5.11 Å². The van der Waals surface area contributed by atoms with Crippen molar-refractivity contribution in [3.63, 3.8) is 0 Å². The zero-order valence-electron chi connectivity index (χ0n) is 16.9. The van der Waals surface area contributed by atoms with Crippen molar-refractivity contribution in [2.45, 2.75) is 25.6 Å². The van der Waals surface area contributed by atoms with E-state index in [0.717, 1.165) is 5.56 Å². The summed E-state index contributed by atoms with van der Waals surface area (Å²) in [5.74, 6) is 1.02. The summed E-state index contributed by atoms with van der Waals surface area (Å²) in [5.41, 5.74) is 1.46. The highest BCUT2D eigenvalue weighted by Crippen LogP contribution is 2.40. The van der Waals surface area contributed by atoms with Gasteiger partial charge in [0.1, 0.15) is 17.5 Å². The lowest BCUT2D eigenvalue weighted by atomic mass is 9.91. The van der Waals surface area contributed by atoms with E-state index in [0.29, 0.717) is 38.4 Å². The molecule has 2 heterocycles. The Labute approximate surface area is 190 Å². The topological polar surface area (TPSA) is 68.4 Å². The Morgan fingerprint density at radius 3 is 2.23 bits per heavy atom. The smallest absolute Gasteiger partial charge is 0.186 e. The van der Waals surface area contributed by atoms with Crippen LogP contribution in [0, 0.1) is 0 Å². The minimum absolute atomic E-state index is 0.406. The third-order valence-electron chi connectivity index (χ3n) is 4.85. The summed E-state index contributed by atoms with van der Waals surface area (Å²) in [5, 5.41) is 16.8. The number of ether oxygens (including phenoxy) is 1. The van der Waals surface area contributed by atoms with Gasteiger partial charge < -0.3 is 14.4 Å². The van der Waals surface area contributed by atoms with Gasteiger partial charge in [-0.05, 0) is 56.3 Å². The Kier molecular flexibility index (Phi) is 6.01. The summed E-state index contributed by atoms with van der Waals surface area (Å²) in [4.78, 5) is 4.13. The fraction of sp³-hybridized carbons (Fsp3) is 0.167. The van der Waals surface area contributed by atoms with Gasteiger partial charge in [0.15, 0.2) is 11.4 Å². The molecule has 4 rings (SSSR count). The molecule has 5 nitrogen and oxygen atoms in total. The normalized spacial score (nSPS) is 12.5. The third kappa shape index (κ3) is 4.59. The predicted molar refractivity (Wildman–Crippen MR) is 120 cm³/mol. The van der Waals surface area contributed by atoms with Gasteiger partial charge in [0.25, 0.3) is 0 Å². The Balaban J connectivity index is 1.81. The van der Waals surface area contributed by atoms with Gasteiger partial charge in [0.2, 0.25) is 0 Å². The number of benzene rings is 2. The van der Waals surface area contributed by atoms with Crippen LogP contribution in [0.4, 0.5) is 0 Å². The van der Waals surface area contributed by atoms with Gasteiger partial charge in [-0.15, -0.1) is 0 Å². The number of hydrogen-bond acceptors (Lipinski definition) is 5. The molecule has 2 aromatic heterocycles. The molecule has 0 amide bonds. The highest BCUT2D eigenvalue weighted by Gasteiger charge is 2.36. The second-order valence-corrected chi connectivity index (χ2v) is 8.41. The molecule has 0 spiro atoms. The molecule has 1 atom stereocenters. The molecule has 0 aliphatic rings. The first-order valence-electron chi connectivity index (χ1n) is 9.64. The maximum Gasteiger partial charge on any atom is 0.186 e. The van der Waals surface area contributed by atoms with E-state index < -0.39 is 11.7 Å². The lowest BCUT2D eigenvalue weighted by Gasteiger charge is -2.26. The first kappa shape index (κ1) is 21.4. The van der Waals surface area contributed by atoms with Crippen LogP contribution in [0.25, 0.3) is 11.3 Å². The molecular formula is C24H20Cl2N2O3. The molecule has 0 bridgehead atoms. The van der Waals surface area contributed by atoms with Crippen LogP contribution in [0.15, 0.2) is 77.6 Å². The molecule has 0 fully saturated rings. The summed E-state index contributed by atoms with van der Waals surface area (Å²) >= 11 is 12.0. The van der Waals surface area contributed by atoms with Crippen molar-refractivity contribution < 1.29 is 14.4 Å². The monoisotopic (exact) mass is 454 g/mol. The van der Waals surface area contributed by atoms with Crippen molar-refractivity contribution in [1.29, 1.82) is 0 Å². The molecule has 31 heavy (non-hydrogen) atoms. The number of aliphatic hydroxyl groups is 1. The van der Waals surface area contributed by atoms with Crippen LogP contribution < -0.4 is 4.74 Å². The first-order chi connectivity index (χ1) is 14.8. The van der Waals surface area contributed by atoms with Crippen LogP contribution in [-0.4, -0.2) is 15.2 Å². The molecule has 7 heteroatoms. The second-order valence-electron chi connectivity index (χ2n) is 7.54. The fourth-order valence-corrected chi connectivity index (χ4v) is 3.60. The number of nitrogens with zero attached hydrogens (tertiary/aromatic N) is 2. The summed E-state index contributed by atoms with van der Waals surface area (Å²) in [6, 6.07) is 17.8. The maximum absolute atomic E-state index is 11.3. The van der Waals surface area contributed by atoms with E-state index in [-0.39, 0.29) is 0 Å². The molecule has 0 aliphatic carbocycles. The molecule has 0 aliphatic heterocycles. The predicted octanol–water partition coefficient (Wildman–Crippen LogP) is 6.44. The Hall–Kier alpha value is -2.86. The van der Waals surface area contributed by atoms with Crippen molar-refractivity contribution in [2.24, 2.45) is 0 Å². The minimum Gasteiger partial charge on any atom is -0.480 e.